The van der Waals surface area contributed by atoms with Gasteiger partial charge in [-0.25, -0.2) is 0 Å². The van der Waals surface area contributed by atoms with E-state index in [2.05, 4.69) is 0 Å². The number of carboxylic acid groups (broad SMARTS) is 1. The molecule has 0 fully saturated rings. The largest absolute Gasteiger partial charge is 0.480 e. The Balaban J connectivity index is 4.60. The van der Waals surface area contributed by atoms with E-state index in [1.54, 1.807) is 0 Å². The molecule has 0 rings (SSSR count). The van der Waals surface area contributed by atoms with Gasteiger partial charge in [0.1, 0.15) is 12.3 Å². The number of carbonyl (C=O) groups is 2. The number of nitrogens with zero attached hydrogens (tertiary/aromatic N) is 2. The van der Waals surface area contributed by atoms with Crippen LogP contribution in [0.3, 0.4) is 0 Å². The van der Waals surface area contributed by atoms with Crippen LogP contribution < -0.4 is 17.2 Å². The van der Waals surface area contributed by atoms with Crippen molar-refractivity contribution in [1.82, 2.24) is 9.80 Å². The highest BCUT2D eigenvalue weighted by atomic mass is 16.4. The van der Waals surface area contributed by atoms with Crippen molar-refractivity contribution in [3.63, 3.8) is 0 Å². The second-order valence-corrected chi connectivity index (χ2v) is 4.87. The van der Waals surface area contributed by atoms with Crippen molar-refractivity contribution in [3.05, 3.63) is 0 Å². The summed E-state index contributed by atoms with van der Waals surface area (Å²) in [4.78, 5) is 25.8. The highest BCUT2D eigenvalue weighted by Crippen LogP contribution is 2.07. The van der Waals surface area contributed by atoms with Crippen LogP contribution in [0.15, 0.2) is 0 Å². The minimum absolute atomic E-state index is 0.300. The molecule has 0 aromatic heterocycles. The molecular formula is C13H29N5O3. The zero-order valence-electron chi connectivity index (χ0n) is 12.6. The average Bonchev–Trinajstić information content (AvgIpc) is 2.44. The summed E-state index contributed by atoms with van der Waals surface area (Å²) in [5.41, 5.74) is 16.5. The van der Waals surface area contributed by atoms with Crippen molar-refractivity contribution < 1.29 is 14.7 Å². The Morgan fingerprint density at radius 1 is 1.05 bits per heavy atom. The third-order valence-corrected chi connectivity index (χ3v) is 3.31. The fraction of sp³-hybridized carbons (Fsp3) is 0.846. The Morgan fingerprint density at radius 3 is 2.19 bits per heavy atom. The highest BCUT2D eigenvalue weighted by molar-refractivity contribution is 5.73. The maximum absolute atomic E-state index is 11.4. The van der Waals surface area contributed by atoms with Gasteiger partial charge in [0.2, 0.25) is 0 Å². The lowest BCUT2D eigenvalue weighted by molar-refractivity contribution is -0.143. The number of carbonyl (C=O) groups excluding carboxylic acids is 1. The predicted octanol–water partition coefficient (Wildman–Crippen LogP) is -2.10. The van der Waals surface area contributed by atoms with Gasteiger partial charge in [-0.2, -0.15) is 0 Å². The van der Waals surface area contributed by atoms with Crippen molar-refractivity contribution in [2.24, 2.45) is 17.2 Å². The van der Waals surface area contributed by atoms with E-state index in [1.807, 2.05) is 9.80 Å². The van der Waals surface area contributed by atoms with Crippen molar-refractivity contribution in [1.29, 1.82) is 0 Å². The topological polar surface area (TPSA) is 139 Å². The molecule has 8 nitrogen and oxygen atoms in total. The maximum atomic E-state index is 11.4. The Bertz CT molecular complexity index is 291. The van der Waals surface area contributed by atoms with Gasteiger partial charge in [0.05, 0.1) is 6.54 Å². The lowest BCUT2D eigenvalue weighted by atomic mass is 10.1. The number of carboxylic acids is 1. The van der Waals surface area contributed by atoms with E-state index in [0.717, 1.165) is 6.29 Å². The molecule has 124 valence electrons. The van der Waals surface area contributed by atoms with Crippen LogP contribution in [0.25, 0.3) is 0 Å². The minimum atomic E-state index is -0.863. The van der Waals surface area contributed by atoms with E-state index < -0.39 is 12.0 Å². The van der Waals surface area contributed by atoms with Crippen molar-refractivity contribution in [3.8, 4) is 0 Å². The first-order valence-electron chi connectivity index (χ1n) is 7.33. The monoisotopic (exact) mass is 303 g/mol. The van der Waals surface area contributed by atoms with E-state index >= 15 is 0 Å². The molecule has 0 amide bonds. The first-order valence-corrected chi connectivity index (χ1v) is 7.33. The maximum Gasteiger partial charge on any atom is 0.320 e. The van der Waals surface area contributed by atoms with Crippen LogP contribution in [-0.2, 0) is 9.59 Å². The standard InChI is InChI=1S/C13H29N5O3/c14-3-1-2-12(13(20)21)18(7-5-16)9-8-17(6-4-15)10-11-19/h11-12H,1-10,14-16H2,(H,20,21). The number of nitrogens with two attached hydrogens (primary N) is 3. The Labute approximate surface area is 126 Å². The Hall–Kier alpha value is -1.06. The van der Waals surface area contributed by atoms with E-state index in [-0.39, 0.29) is 0 Å². The summed E-state index contributed by atoms with van der Waals surface area (Å²) in [5, 5.41) is 9.36. The summed E-state index contributed by atoms with van der Waals surface area (Å²) >= 11 is 0. The molecule has 7 N–H and O–H groups in total. The van der Waals surface area contributed by atoms with Crippen LogP contribution in [0.2, 0.25) is 0 Å². The lowest BCUT2D eigenvalue weighted by Gasteiger charge is -2.30. The van der Waals surface area contributed by atoms with Crippen molar-refractivity contribution in [2.75, 3.05) is 52.4 Å². The van der Waals surface area contributed by atoms with Crippen LogP contribution in [-0.4, -0.2) is 85.6 Å². The van der Waals surface area contributed by atoms with Crippen molar-refractivity contribution in [2.45, 2.75) is 18.9 Å². The number of aliphatic carboxylic acids is 1. The first-order chi connectivity index (χ1) is 10.1. The molecule has 21 heavy (non-hydrogen) atoms. The second-order valence-electron chi connectivity index (χ2n) is 4.87. The normalized spacial score (nSPS) is 12.8. The average molecular weight is 303 g/mol. The molecule has 0 saturated heterocycles. The Kier molecular flexibility index (Phi) is 12.0. The fourth-order valence-corrected chi connectivity index (χ4v) is 2.21. The minimum Gasteiger partial charge on any atom is -0.480 e. The Morgan fingerprint density at radius 2 is 1.71 bits per heavy atom. The molecule has 0 spiro atoms. The summed E-state index contributed by atoms with van der Waals surface area (Å²) in [6, 6.07) is -0.590. The van der Waals surface area contributed by atoms with Gasteiger partial charge in [-0.05, 0) is 19.4 Å². The zero-order chi connectivity index (χ0) is 16.1. The smallest absolute Gasteiger partial charge is 0.320 e. The van der Waals surface area contributed by atoms with Gasteiger partial charge in [-0.15, -0.1) is 0 Å². The van der Waals surface area contributed by atoms with Crippen LogP contribution in [0, 0.1) is 0 Å². The van der Waals surface area contributed by atoms with E-state index in [9.17, 15) is 14.7 Å². The first kappa shape index (κ1) is 19.9. The van der Waals surface area contributed by atoms with Crippen LogP contribution in [0.1, 0.15) is 12.8 Å². The van der Waals surface area contributed by atoms with Gasteiger partial charge in [0, 0.05) is 39.3 Å². The summed E-state index contributed by atoms with van der Waals surface area (Å²) in [6.07, 6.45) is 1.97. The third-order valence-electron chi connectivity index (χ3n) is 3.31. The van der Waals surface area contributed by atoms with E-state index in [4.69, 9.17) is 17.2 Å². The quantitative estimate of drug-likeness (QED) is 0.268. The number of hydrogen-bond donors (Lipinski definition) is 4. The van der Waals surface area contributed by atoms with Gasteiger partial charge in [-0.3, -0.25) is 14.6 Å². The molecule has 8 heteroatoms. The zero-order valence-corrected chi connectivity index (χ0v) is 12.6. The SMILES string of the molecule is NCCCC(C(=O)O)N(CCN)CCN(CC=O)CCN. The number of aldehydes is 1. The number of hydrogen-bond acceptors (Lipinski definition) is 7. The lowest BCUT2D eigenvalue weighted by Crippen LogP contribution is -2.48. The van der Waals surface area contributed by atoms with Crippen molar-refractivity contribution >= 4 is 12.3 Å². The molecule has 0 bridgehead atoms. The summed E-state index contributed by atoms with van der Waals surface area (Å²) in [5.74, 6) is -0.863. The summed E-state index contributed by atoms with van der Waals surface area (Å²) < 4.78 is 0. The van der Waals surface area contributed by atoms with E-state index in [1.165, 1.54) is 0 Å². The molecule has 0 saturated carbocycles. The van der Waals surface area contributed by atoms with Crippen LogP contribution in [0.4, 0.5) is 0 Å². The van der Waals surface area contributed by atoms with Gasteiger partial charge >= 0.3 is 5.97 Å². The van der Waals surface area contributed by atoms with Gasteiger partial charge in [0.15, 0.2) is 0 Å². The third kappa shape index (κ3) is 8.74. The highest BCUT2D eigenvalue weighted by Gasteiger charge is 2.24. The molecule has 0 aliphatic heterocycles. The van der Waals surface area contributed by atoms with Crippen LogP contribution in [0.5, 0.6) is 0 Å². The summed E-state index contributed by atoms with van der Waals surface area (Å²) in [7, 11) is 0. The molecule has 0 aliphatic carbocycles. The summed E-state index contributed by atoms with van der Waals surface area (Å²) in [6.45, 7) is 3.83. The molecule has 0 radical (unpaired) electrons. The van der Waals surface area contributed by atoms with Gasteiger partial charge < -0.3 is 27.1 Å². The molecule has 1 atom stereocenters. The molecular weight excluding hydrogens is 274 g/mol. The number of rotatable bonds is 14. The molecule has 0 aromatic rings. The predicted molar refractivity (Wildman–Crippen MR) is 81.9 cm³/mol. The van der Waals surface area contributed by atoms with Gasteiger partial charge in [-0.1, -0.05) is 0 Å². The molecule has 0 aromatic carbocycles. The van der Waals surface area contributed by atoms with Gasteiger partial charge in [0.25, 0.3) is 0 Å². The van der Waals surface area contributed by atoms with Crippen LogP contribution >= 0.6 is 0 Å². The fourth-order valence-electron chi connectivity index (χ4n) is 2.21. The van der Waals surface area contributed by atoms with E-state index in [0.29, 0.717) is 65.2 Å². The molecule has 1 unspecified atom stereocenters. The molecule has 0 aliphatic rings. The molecule has 0 heterocycles. The second kappa shape index (κ2) is 12.7.